The minimum Gasteiger partial charge on any atom is -0.484 e. The molecule has 3 nitrogen and oxygen atoms in total. The lowest BCUT2D eigenvalue weighted by Gasteiger charge is -2.11. The zero-order valence-corrected chi connectivity index (χ0v) is 14.0. The van der Waals surface area contributed by atoms with Crippen molar-refractivity contribution in [3.05, 3.63) is 72.3 Å². The Labute approximate surface area is 142 Å². The van der Waals surface area contributed by atoms with E-state index in [9.17, 15) is 4.79 Å². The number of ether oxygens (including phenoxy) is 1. The van der Waals surface area contributed by atoms with Crippen LogP contribution in [-0.2, 0) is 4.79 Å². The van der Waals surface area contributed by atoms with Crippen LogP contribution in [0.4, 0.5) is 5.69 Å². The number of rotatable bonds is 5. The van der Waals surface area contributed by atoms with Crippen LogP contribution in [0.15, 0.2) is 66.7 Å². The minimum absolute atomic E-state index is 0.00916. The van der Waals surface area contributed by atoms with Gasteiger partial charge in [0.25, 0.3) is 5.91 Å². The molecule has 0 saturated heterocycles. The van der Waals surface area contributed by atoms with Crippen molar-refractivity contribution >= 4 is 22.4 Å². The van der Waals surface area contributed by atoms with Crippen molar-refractivity contribution in [2.24, 2.45) is 0 Å². The van der Waals surface area contributed by atoms with E-state index < -0.39 is 0 Å². The molecule has 0 saturated carbocycles. The van der Waals surface area contributed by atoms with Gasteiger partial charge in [0.1, 0.15) is 5.75 Å². The van der Waals surface area contributed by atoms with Gasteiger partial charge in [-0.1, -0.05) is 62.4 Å². The normalized spacial score (nSPS) is 10.8. The van der Waals surface area contributed by atoms with Crippen molar-refractivity contribution in [1.82, 2.24) is 0 Å². The molecule has 3 aromatic carbocycles. The van der Waals surface area contributed by atoms with Crippen molar-refractivity contribution in [3.8, 4) is 5.75 Å². The lowest BCUT2D eigenvalue weighted by atomic mass is 10.0. The van der Waals surface area contributed by atoms with Crippen molar-refractivity contribution in [2.45, 2.75) is 19.8 Å². The molecule has 0 heterocycles. The van der Waals surface area contributed by atoms with Crippen molar-refractivity contribution in [1.29, 1.82) is 0 Å². The van der Waals surface area contributed by atoms with E-state index in [1.807, 2.05) is 60.7 Å². The highest BCUT2D eigenvalue weighted by Gasteiger charge is 2.07. The van der Waals surface area contributed by atoms with E-state index in [1.165, 1.54) is 5.56 Å². The van der Waals surface area contributed by atoms with Gasteiger partial charge in [-0.2, -0.15) is 0 Å². The molecule has 0 aliphatic heterocycles. The summed E-state index contributed by atoms with van der Waals surface area (Å²) in [6.07, 6.45) is 0. The molecule has 1 amide bonds. The largest absolute Gasteiger partial charge is 0.484 e. The third kappa shape index (κ3) is 3.74. The van der Waals surface area contributed by atoms with Crippen LogP contribution < -0.4 is 10.1 Å². The summed E-state index contributed by atoms with van der Waals surface area (Å²) in [4.78, 5) is 12.2. The molecule has 0 spiro atoms. The Kier molecular flexibility index (Phi) is 4.80. The van der Waals surface area contributed by atoms with Crippen LogP contribution in [0, 0.1) is 0 Å². The van der Waals surface area contributed by atoms with E-state index in [0.717, 1.165) is 16.5 Å². The van der Waals surface area contributed by atoms with Crippen LogP contribution in [0.2, 0.25) is 0 Å². The number of carbonyl (C=O) groups is 1. The molecule has 0 radical (unpaired) electrons. The van der Waals surface area contributed by atoms with Crippen molar-refractivity contribution in [2.75, 3.05) is 11.9 Å². The molecule has 3 aromatic rings. The molecule has 0 atom stereocenters. The molecule has 1 N–H and O–H groups in total. The van der Waals surface area contributed by atoms with E-state index in [-0.39, 0.29) is 12.5 Å². The van der Waals surface area contributed by atoms with Gasteiger partial charge in [-0.15, -0.1) is 0 Å². The maximum absolute atomic E-state index is 12.2. The number of benzene rings is 3. The second kappa shape index (κ2) is 7.18. The monoisotopic (exact) mass is 319 g/mol. The Balaban J connectivity index is 1.66. The maximum Gasteiger partial charge on any atom is 0.262 e. The SMILES string of the molecule is CC(C)c1cccc(OCC(=O)Nc2cccc3ccccc23)c1. The summed E-state index contributed by atoms with van der Waals surface area (Å²) in [6, 6.07) is 21.7. The van der Waals surface area contributed by atoms with Crippen LogP contribution in [0.1, 0.15) is 25.3 Å². The van der Waals surface area contributed by atoms with Gasteiger partial charge in [-0.05, 0) is 35.1 Å². The van der Waals surface area contributed by atoms with Crippen molar-refractivity contribution < 1.29 is 9.53 Å². The summed E-state index contributed by atoms with van der Waals surface area (Å²) in [7, 11) is 0. The minimum atomic E-state index is -0.165. The average molecular weight is 319 g/mol. The zero-order valence-electron chi connectivity index (χ0n) is 14.0. The standard InChI is InChI=1S/C21H21NO2/c1-15(2)17-9-5-10-18(13-17)24-14-21(23)22-20-12-6-8-16-7-3-4-11-19(16)20/h3-13,15H,14H2,1-2H3,(H,22,23). The Morgan fingerprint density at radius 3 is 2.58 bits per heavy atom. The zero-order chi connectivity index (χ0) is 16.9. The Hall–Kier alpha value is -2.81. The fraction of sp³-hybridized carbons (Fsp3) is 0.190. The first-order chi connectivity index (χ1) is 11.6. The number of nitrogens with one attached hydrogen (secondary N) is 1. The molecule has 0 aliphatic rings. The second-order valence-corrected chi connectivity index (χ2v) is 6.09. The maximum atomic E-state index is 12.2. The van der Waals surface area contributed by atoms with E-state index in [4.69, 9.17) is 4.74 Å². The molecule has 122 valence electrons. The van der Waals surface area contributed by atoms with Gasteiger partial charge >= 0.3 is 0 Å². The predicted octanol–water partition coefficient (Wildman–Crippen LogP) is 4.98. The number of carbonyl (C=O) groups excluding carboxylic acids is 1. The predicted molar refractivity (Wildman–Crippen MR) is 98.6 cm³/mol. The second-order valence-electron chi connectivity index (χ2n) is 6.09. The summed E-state index contributed by atoms with van der Waals surface area (Å²) >= 11 is 0. The summed E-state index contributed by atoms with van der Waals surface area (Å²) in [5.74, 6) is 0.980. The summed E-state index contributed by atoms with van der Waals surface area (Å²) in [5.41, 5.74) is 2.00. The van der Waals surface area contributed by atoms with Gasteiger partial charge < -0.3 is 10.1 Å². The van der Waals surface area contributed by atoms with Crippen molar-refractivity contribution in [3.63, 3.8) is 0 Å². The molecule has 0 unspecified atom stereocenters. The van der Waals surface area contributed by atoms with Crippen LogP contribution in [0.25, 0.3) is 10.8 Å². The molecule has 0 fully saturated rings. The molecule has 24 heavy (non-hydrogen) atoms. The lowest BCUT2D eigenvalue weighted by Crippen LogP contribution is -2.20. The molecule has 0 bridgehead atoms. The molecule has 0 aliphatic carbocycles. The third-order valence-electron chi connectivity index (χ3n) is 3.96. The van der Waals surface area contributed by atoms with Gasteiger partial charge in [0.15, 0.2) is 6.61 Å². The molecular weight excluding hydrogens is 298 g/mol. The first-order valence-electron chi connectivity index (χ1n) is 8.14. The lowest BCUT2D eigenvalue weighted by molar-refractivity contribution is -0.118. The van der Waals surface area contributed by atoms with Gasteiger partial charge in [0.2, 0.25) is 0 Å². The molecule has 3 heteroatoms. The Morgan fingerprint density at radius 2 is 1.75 bits per heavy atom. The number of hydrogen-bond donors (Lipinski definition) is 1. The van der Waals surface area contributed by atoms with E-state index in [1.54, 1.807) is 0 Å². The van der Waals surface area contributed by atoms with Gasteiger partial charge in [0.05, 0.1) is 0 Å². The van der Waals surface area contributed by atoms with E-state index in [0.29, 0.717) is 11.7 Å². The highest BCUT2D eigenvalue weighted by atomic mass is 16.5. The summed E-state index contributed by atoms with van der Waals surface area (Å²) < 4.78 is 5.63. The molecular formula is C21H21NO2. The fourth-order valence-corrected chi connectivity index (χ4v) is 2.63. The number of anilines is 1. The van der Waals surface area contributed by atoms with E-state index >= 15 is 0 Å². The van der Waals surface area contributed by atoms with E-state index in [2.05, 4.69) is 25.2 Å². The van der Waals surface area contributed by atoms with Crippen LogP contribution in [0.3, 0.4) is 0 Å². The Bertz CT molecular complexity index is 850. The van der Waals surface area contributed by atoms with Crippen LogP contribution in [0.5, 0.6) is 5.75 Å². The number of hydrogen-bond acceptors (Lipinski definition) is 2. The highest BCUT2D eigenvalue weighted by molar-refractivity contribution is 6.02. The van der Waals surface area contributed by atoms with Crippen LogP contribution >= 0.6 is 0 Å². The smallest absolute Gasteiger partial charge is 0.262 e. The van der Waals surface area contributed by atoms with Gasteiger partial charge in [0, 0.05) is 11.1 Å². The molecule has 0 aromatic heterocycles. The first kappa shape index (κ1) is 16.1. The quantitative estimate of drug-likeness (QED) is 0.720. The highest BCUT2D eigenvalue weighted by Crippen LogP contribution is 2.23. The van der Waals surface area contributed by atoms with Crippen LogP contribution in [-0.4, -0.2) is 12.5 Å². The summed E-state index contributed by atoms with van der Waals surface area (Å²) in [5, 5.41) is 5.05. The number of fused-ring (bicyclic) bond motifs is 1. The van der Waals surface area contributed by atoms with Gasteiger partial charge in [-0.3, -0.25) is 4.79 Å². The fourth-order valence-electron chi connectivity index (χ4n) is 2.63. The molecule has 3 rings (SSSR count). The third-order valence-corrected chi connectivity index (χ3v) is 3.96. The number of amides is 1. The average Bonchev–Trinajstić information content (AvgIpc) is 2.60. The summed E-state index contributed by atoms with van der Waals surface area (Å²) in [6.45, 7) is 4.25. The van der Waals surface area contributed by atoms with Gasteiger partial charge in [-0.25, -0.2) is 0 Å². The Morgan fingerprint density at radius 1 is 1.00 bits per heavy atom. The first-order valence-corrected chi connectivity index (χ1v) is 8.14. The topological polar surface area (TPSA) is 38.3 Å².